The van der Waals surface area contributed by atoms with Gasteiger partial charge in [-0.25, -0.2) is 4.98 Å². The van der Waals surface area contributed by atoms with Crippen molar-refractivity contribution in [2.75, 3.05) is 6.54 Å². The predicted octanol–water partition coefficient (Wildman–Crippen LogP) is 3.19. The van der Waals surface area contributed by atoms with E-state index in [4.69, 9.17) is 0 Å². The van der Waals surface area contributed by atoms with Gasteiger partial charge in [0.05, 0.1) is 0 Å². The number of carbonyl (C=O) groups excluding carboxylic acids is 1. The Morgan fingerprint density at radius 2 is 1.93 bits per heavy atom. The van der Waals surface area contributed by atoms with Crippen LogP contribution in [0.1, 0.15) is 59.3 Å². The standard InChI is InChI=1S/C23H25N3O/c1-17-3-9-20(24-15-17)10-6-18-4-7-19(8-5-18)22(27)25-16-23(13-2-14-23)26-21-11-12-21/h3-5,7-9,15,21,26H,2,11-14,16H2,1H3,(H,25,27). The van der Waals surface area contributed by atoms with Gasteiger partial charge in [0.15, 0.2) is 0 Å². The minimum atomic E-state index is -0.0152. The summed E-state index contributed by atoms with van der Waals surface area (Å²) in [5.41, 5.74) is 3.54. The molecule has 2 aliphatic carbocycles. The predicted molar refractivity (Wildman–Crippen MR) is 106 cm³/mol. The first-order valence-electron chi connectivity index (χ1n) is 9.73. The van der Waals surface area contributed by atoms with Crippen LogP contribution in [0, 0.1) is 18.8 Å². The van der Waals surface area contributed by atoms with Crippen LogP contribution in [0.3, 0.4) is 0 Å². The third kappa shape index (κ3) is 4.56. The SMILES string of the molecule is Cc1ccc(C#Cc2ccc(C(=O)NCC3(NC4CC4)CCC3)cc2)nc1. The number of benzene rings is 1. The van der Waals surface area contributed by atoms with Crippen LogP contribution < -0.4 is 10.6 Å². The average molecular weight is 359 g/mol. The number of hydrogen-bond acceptors (Lipinski definition) is 3. The number of amides is 1. The first-order valence-corrected chi connectivity index (χ1v) is 9.73. The molecule has 0 radical (unpaired) electrons. The second kappa shape index (κ2) is 7.54. The van der Waals surface area contributed by atoms with Crippen molar-refractivity contribution < 1.29 is 4.79 Å². The molecule has 1 heterocycles. The van der Waals surface area contributed by atoms with E-state index in [9.17, 15) is 4.79 Å². The lowest BCUT2D eigenvalue weighted by Crippen LogP contribution is -2.58. The lowest BCUT2D eigenvalue weighted by molar-refractivity contribution is 0.0911. The number of carbonyl (C=O) groups is 1. The first kappa shape index (κ1) is 17.8. The summed E-state index contributed by atoms with van der Waals surface area (Å²) in [6.45, 7) is 2.71. The van der Waals surface area contributed by atoms with Gasteiger partial charge in [-0.3, -0.25) is 4.79 Å². The molecule has 0 unspecified atom stereocenters. The Hall–Kier alpha value is -2.64. The number of hydrogen-bond donors (Lipinski definition) is 2. The lowest BCUT2D eigenvalue weighted by Gasteiger charge is -2.43. The monoisotopic (exact) mass is 359 g/mol. The highest BCUT2D eigenvalue weighted by atomic mass is 16.1. The van der Waals surface area contributed by atoms with Crippen molar-refractivity contribution in [2.24, 2.45) is 0 Å². The summed E-state index contributed by atoms with van der Waals surface area (Å²) in [7, 11) is 0. The van der Waals surface area contributed by atoms with Crippen LogP contribution in [0.4, 0.5) is 0 Å². The van der Waals surface area contributed by atoms with Crippen LogP contribution in [0.15, 0.2) is 42.6 Å². The van der Waals surface area contributed by atoms with Crippen LogP contribution in [-0.2, 0) is 0 Å². The Morgan fingerprint density at radius 1 is 1.15 bits per heavy atom. The van der Waals surface area contributed by atoms with Gasteiger partial charge in [0.1, 0.15) is 5.69 Å². The Labute approximate surface area is 160 Å². The van der Waals surface area contributed by atoms with Crippen LogP contribution >= 0.6 is 0 Å². The smallest absolute Gasteiger partial charge is 0.251 e. The van der Waals surface area contributed by atoms with Crippen molar-refractivity contribution in [1.29, 1.82) is 0 Å². The topological polar surface area (TPSA) is 54.0 Å². The zero-order valence-electron chi connectivity index (χ0n) is 15.7. The van der Waals surface area contributed by atoms with E-state index in [1.807, 2.05) is 49.5 Å². The van der Waals surface area contributed by atoms with Crippen LogP contribution in [-0.4, -0.2) is 29.0 Å². The van der Waals surface area contributed by atoms with E-state index in [-0.39, 0.29) is 11.4 Å². The van der Waals surface area contributed by atoms with E-state index < -0.39 is 0 Å². The number of pyridine rings is 1. The van der Waals surface area contributed by atoms with Crippen LogP contribution in [0.2, 0.25) is 0 Å². The summed E-state index contributed by atoms with van der Waals surface area (Å²) in [6.07, 6.45) is 7.92. The van der Waals surface area contributed by atoms with Gasteiger partial charge in [0, 0.05) is 35.4 Å². The molecule has 1 aromatic carbocycles. The minimum Gasteiger partial charge on any atom is -0.350 e. The van der Waals surface area contributed by atoms with Crippen LogP contribution in [0.5, 0.6) is 0 Å². The van der Waals surface area contributed by atoms with Crippen molar-refractivity contribution in [2.45, 2.75) is 50.6 Å². The first-order chi connectivity index (χ1) is 13.1. The van der Waals surface area contributed by atoms with Gasteiger partial charge in [-0.1, -0.05) is 12.0 Å². The molecule has 138 valence electrons. The lowest BCUT2D eigenvalue weighted by atomic mass is 9.76. The van der Waals surface area contributed by atoms with Crippen molar-refractivity contribution >= 4 is 5.91 Å². The zero-order chi connectivity index (χ0) is 18.7. The van der Waals surface area contributed by atoms with E-state index in [0.717, 1.165) is 29.7 Å². The van der Waals surface area contributed by atoms with Crippen LogP contribution in [0.25, 0.3) is 0 Å². The normalized spacial score (nSPS) is 17.4. The van der Waals surface area contributed by atoms with E-state index in [1.165, 1.54) is 19.3 Å². The summed E-state index contributed by atoms with van der Waals surface area (Å²) < 4.78 is 0. The average Bonchev–Trinajstić information content (AvgIpc) is 3.47. The van der Waals surface area contributed by atoms with Crippen molar-refractivity contribution in [3.05, 3.63) is 65.0 Å². The van der Waals surface area contributed by atoms with Crippen molar-refractivity contribution in [3.63, 3.8) is 0 Å². The Kier molecular flexibility index (Phi) is 4.96. The highest BCUT2D eigenvalue weighted by molar-refractivity contribution is 5.94. The molecule has 0 atom stereocenters. The number of aryl methyl sites for hydroxylation is 1. The molecule has 4 heteroatoms. The fraction of sp³-hybridized carbons (Fsp3) is 0.391. The van der Waals surface area contributed by atoms with Gasteiger partial charge in [0.2, 0.25) is 0 Å². The van der Waals surface area contributed by atoms with E-state index in [2.05, 4.69) is 27.5 Å². The fourth-order valence-electron chi connectivity index (χ4n) is 3.37. The Balaban J connectivity index is 1.34. The molecule has 0 spiro atoms. The van der Waals surface area contributed by atoms with E-state index in [0.29, 0.717) is 18.2 Å². The van der Waals surface area contributed by atoms with Gasteiger partial charge >= 0.3 is 0 Å². The van der Waals surface area contributed by atoms with E-state index >= 15 is 0 Å². The molecule has 4 rings (SSSR count). The molecule has 2 aromatic rings. The molecule has 2 saturated carbocycles. The van der Waals surface area contributed by atoms with Gasteiger partial charge in [0.25, 0.3) is 5.91 Å². The van der Waals surface area contributed by atoms with Crippen molar-refractivity contribution in [3.8, 4) is 11.8 Å². The molecule has 27 heavy (non-hydrogen) atoms. The van der Waals surface area contributed by atoms with Crippen molar-refractivity contribution in [1.82, 2.24) is 15.6 Å². The Bertz CT molecular complexity index is 867. The molecule has 0 bridgehead atoms. The third-order valence-corrected chi connectivity index (χ3v) is 5.38. The molecule has 2 N–H and O–H groups in total. The van der Waals surface area contributed by atoms with Gasteiger partial charge in [-0.15, -0.1) is 0 Å². The summed E-state index contributed by atoms with van der Waals surface area (Å²) in [4.78, 5) is 16.8. The second-order valence-electron chi connectivity index (χ2n) is 7.78. The van der Waals surface area contributed by atoms with Gasteiger partial charge < -0.3 is 10.6 Å². The van der Waals surface area contributed by atoms with E-state index in [1.54, 1.807) is 0 Å². The maximum Gasteiger partial charge on any atom is 0.251 e. The largest absolute Gasteiger partial charge is 0.350 e. The molecule has 1 aromatic heterocycles. The summed E-state index contributed by atoms with van der Waals surface area (Å²) in [6, 6.07) is 12.0. The maximum atomic E-state index is 12.5. The third-order valence-electron chi connectivity index (χ3n) is 5.38. The molecule has 0 saturated heterocycles. The Morgan fingerprint density at radius 3 is 2.52 bits per heavy atom. The number of nitrogens with one attached hydrogen (secondary N) is 2. The summed E-state index contributed by atoms with van der Waals surface area (Å²) >= 11 is 0. The fourth-order valence-corrected chi connectivity index (χ4v) is 3.37. The number of aromatic nitrogens is 1. The highest BCUT2D eigenvalue weighted by Crippen LogP contribution is 2.35. The summed E-state index contributed by atoms with van der Waals surface area (Å²) in [5.74, 6) is 6.13. The van der Waals surface area contributed by atoms with Gasteiger partial charge in [-0.2, -0.15) is 0 Å². The molecular weight excluding hydrogens is 334 g/mol. The van der Waals surface area contributed by atoms with Gasteiger partial charge in [-0.05, 0) is 80.8 Å². The molecular formula is C23H25N3O. The number of rotatable bonds is 5. The summed E-state index contributed by atoms with van der Waals surface area (Å²) in [5, 5.41) is 6.83. The molecule has 4 nitrogen and oxygen atoms in total. The maximum absolute atomic E-state index is 12.5. The number of nitrogens with zero attached hydrogens (tertiary/aromatic N) is 1. The minimum absolute atomic E-state index is 0.0152. The highest BCUT2D eigenvalue weighted by Gasteiger charge is 2.41. The molecule has 0 aliphatic heterocycles. The molecule has 2 aliphatic rings. The quantitative estimate of drug-likeness (QED) is 0.806. The second-order valence-corrected chi connectivity index (χ2v) is 7.78. The zero-order valence-corrected chi connectivity index (χ0v) is 15.7. The molecule has 2 fully saturated rings. The molecule has 1 amide bonds.